The van der Waals surface area contributed by atoms with Crippen LogP contribution in [-0.4, -0.2) is 28.0 Å². The minimum absolute atomic E-state index is 0.0505. The summed E-state index contributed by atoms with van der Waals surface area (Å²) in [6.45, 7) is 0. The third kappa shape index (κ3) is 7.93. The molecule has 0 radical (unpaired) electrons. The Morgan fingerprint density at radius 1 is 0.680 bits per heavy atom. The van der Waals surface area contributed by atoms with Crippen molar-refractivity contribution in [1.82, 2.24) is 4.90 Å². The van der Waals surface area contributed by atoms with Gasteiger partial charge in [-0.05, 0) is 49.2 Å². The van der Waals surface area contributed by atoms with Crippen molar-refractivity contribution in [2.75, 3.05) is 0 Å². The lowest BCUT2D eigenvalue weighted by Gasteiger charge is -2.41. The fraction of sp³-hybridized carbons (Fsp3) is 0.875. The van der Waals surface area contributed by atoms with Crippen LogP contribution < -0.4 is 0 Å². The summed E-state index contributed by atoms with van der Waals surface area (Å²) in [6, 6.07) is 0.101. The predicted molar refractivity (Wildman–Crippen MR) is 91.0 cm³/mol. The van der Waals surface area contributed by atoms with Gasteiger partial charge in [0.15, 0.2) is 0 Å². The Morgan fingerprint density at radius 2 is 1.04 bits per heavy atom. The first-order chi connectivity index (χ1) is 11.6. The van der Waals surface area contributed by atoms with Crippen LogP contribution in [0.4, 0.5) is 26.3 Å². The minimum atomic E-state index is -4.73. The quantitative estimate of drug-likeness (QED) is 0.442. The molecule has 0 spiro atoms. The second kappa shape index (κ2) is 9.15. The summed E-state index contributed by atoms with van der Waals surface area (Å²) in [4.78, 5) is 1.84. The highest BCUT2D eigenvalue weighted by atomic mass is 32.2. The van der Waals surface area contributed by atoms with Gasteiger partial charge in [-0.25, -0.2) is 0 Å². The largest absolute Gasteiger partial charge is 0.446 e. The van der Waals surface area contributed by atoms with Crippen molar-refractivity contribution in [2.45, 2.75) is 87.3 Å². The second-order valence-corrected chi connectivity index (χ2v) is 9.05. The van der Waals surface area contributed by atoms with Crippen LogP contribution in [0.1, 0.15) is 64.2 Å². The summed E-state index contributed by atoms with van der Waals surface area (Å²) in [6.07, 6.45) is 10.6. The molecule has 2 aliphatic carbocycles. The van der Waals surface area contributed by atoms with Gasteiger partial charge in [-0.15, -0.1) is 0 Å². The van der Waals surface area contributed by atoms with Crippen LogP contribution in [0.15, 0.2) is 10.4 Å². The lowest BCUT2D eigenvalue weighted by Crippen LogP contribution is -2.41. The number of nitrogens with zero attached hydrogens (tertiary/aromatic N) is 1. The van der Waals surface area contributed by atoms with Crippen molar-refractivity contribution in [3.05, 3.63) is 10.4 Å². The summed E-state index contributed by atoms with van der Waals surface area (Å²) in [5.74, 6) is 0. The van der Waals surface area contributed by atoms with Gasteiger partial charge >= 0.3 is 11.0 Å². The zero-order valence-electron chi connectivity index (χ0n) is 13.8. The minimum Gasteiger partial charge on any atom is -0.370 e. The van der Waals surface area contributed by atoms with Gasteiger partial charge in [0, 0.05) is 18.3 Å². The molecule has 2 aliphatic rings. The summed E-state index contributed by atoms with van der Waals surface area (Å²) in [5.41, 5.74) is -9.45. The normalized spacial score (nSPS) is 21.2. The molecule has 0 amide bonds. The van der Waals surface area contributed by atoms with E-state index in [0.717, 1.165) is 70.4 Å². The molecule has 0 aromatic heterocycles. The van der Waals surface area contributed by atoms with E-state index >= 15 is 0 Å². The lowest BCUT2D eigenvalue weighted by atomic mass is 9.89. The Kier molecular flexibility index (Phi) is 7.73. The number of thioether (sulfide) groups is 2. The van der Waals surface area contributed by atoms with Crippen molar-refractivity contribution in [2.24, 2.45) is 0 Å². The molecule has 2 rings (SSSR count). The van der Waals surface area contributed by atoms with Gasteiger partial charge in [0.1, 0.15) is 0 Å². The van der Waals surface area contributed by atoms with E-state index in [-0.39, 0.29) is 12.1 Å². The Balaban J connectivity index is 2.24. The van der Waals surface area contributed by atoms with E-state index < -0.39 is 38.8 Å². The van der Waals surface area contributed by atoms with Gasteiger partial charge in [0.25, 0.3) is 0 Å². The Hall–Kier alpha value is -0.180. The summed E-state index contributed by atoms with van der Waals surface area (Å²) in [7, 11) is 0. The standard InChI is InChI=1S/C16H23F6NS2/c17-15(18,19)24-14(25-16(20,21)22)11-23(12-7-3-1-4-8-12)13-9-5-2-6-10-13/h11-13H,1-10H2. The van der Waals surface area contributed by atoms with E-state index in [9.17, 15) is 26.3 Å². The molecule has 1 nitrogen and oxygen atoms in total. The van der Waals surface area contributed by atoms with Gasteiger partial charge < -0.3 is 4.90 Å². The van der Waals surface area contributed by atoms with Crippen LogP contribution in [0.25, 0.3) is 0 Å². The van der Waals surface area contributed by atoms with Crippen molar-refractivity contribution in [3.63, 3.8) is 0 Å². The van der Waals surface area contributed by atoms with Crippen molar-refractivity contribution in [1.29, 1.82) is 0 Å². The molecule has 0 aromatic carbocycles. The topological polar surface area (TPSA) is 3.24 Å². The molecule has 146 valence electrons. The van der Waals surface area contributed by atoms with E-state index in [0.29, 0.717) is 0 Å². The first-order valence-electron chi connectivity index (χ1n) is 8.65. The molecule has 9 heteroatoms. The maximum Gasteiger partial charge on any atom is 0.446 e. The van der Waals surface area contributed by atoms with Crippen LogP contribution in [-0.2, 0) is 0 Å². The number of alkyl halides is 6. The number of hydrogen-bond donors (Lipinski definition) is 0. The van der Waals surface area contributed by atoms with Crippen molar-refractivity contribution in [3.8, 4) is 0 Å². The zero-order valence-corrected chi connectivity index (χ0v) is 15.5. The van der Waals surface area contributed by atoms with E-state index in [1.165, 1.54) is 0 Å². The Labute approximate surface area is 153 Å². The van der Waals surface area contributed by atoms with Gasteiger partial charge in [-0.1, -0.05) is 38.5 Å². The lowest BCUT2D eigenvalue weighted by molar-refractivity contribution is -0.0329. The molecule has 0 aliphatic heterocycles. The first-order valence-corrected chi connectivity index (χ1v) is 10.3. The SMILES string of the molecule is FC(F)(F)SC(=CN(C1CCCCC1)C1CCCCC1)SC(F)(F)F. The predicted octanol–water partition coefficient (Wildman–Crippen LogP) is 7.26. The third-order valence-electron chi connectivity index (χ3n) is 4.68. The van der Waals surface area contributed by atoms with E-state index in [1.807, 2.05) is 4.90 Å². The van der Waals surface area contributed by atoms with E-state index in [2.05, 4.69) is 0 Å². The van der Waals surface area contributed by atoms with Crippen molar-refractivity contribution >= 4 is 23.5 Å². The van der Waals surface area contributed by atoms with Crippen LogP contribution in [0, 0.1) is 0 Å². The molecule has 0 saturated heterocycles. The maximum absolute atomic E-state index is 12.7. The summed E-state index contributed by atoms with van der Waals surface area (Å²) >= 11 is -1.31. The second-order valence-electron chi connectivity index (χ2n) is 6.57. The molecular formula is C16H23F6NS2. The molecule has 2 fully saturated rings. The van der Waals surface area contributed by atoms with E-state index in [1.54, 1.807) is 0 Å². The fourth-order valence-electron chi connectivity index (χ4n) is 3.69. The Morgan fingerprint density at radius 3 is 1.36 bits per heavy atom. The molecule has 25 heavy (non-hydrogen) atoms. The monoisotopic (exact) mass is 407 g/mol. The number of hydrogen-bond acceptors (Lipinski definition) is 3. The molecule has 0 unspecified atom stereocenters. The fourth-order valence-corrected chi connectivity index (χ4v) is 5.23. The average molecular weight is 407 g/mol. The zero-order chi connectivity index (χ0) is 18.5. The number of halogens is 6. The van der Waals surface area contributed by atoms with Gasteiger partial charge in [0.2, 0.25) is 0 Å². The summed E-state index contributed by atoms with van der Waals surface area (Å²) in [5, 5.41) is 0. The molecule has 0 bridgehead atoms. The molecule has 0 heterocycles. The molecule has 2 saturated carbocycles. The van der Waals surface area contributed by atoms with Crippen LogP contribution in [0.2, 0.25) is 0 Å². The smallest absolute Gasteiger partial charge is 0.370 e. The summed E-state index contributed by atoms with van der Waals surface area (Å²) < 4.78 is 75.7. The van der Waals surface area contributed by atoms with Crippen LogP contribution >= 0.6 is 23.5 Å². The van der Waals surface area contributed by atoms with Gasteiger partial charge in [0.05, 0.1) is 4.24 Å². The molecular weight excluding hydrogens is 384 g/mol. The number of rotatable bonds is 5. The third-order valence-corrected chi connectivity index (χ3v) is 6.26. The highest BCUT2D eigenvalue weighted by molar-refractivity contribution is 8.23. The molecule has 0 N–H and O–H groups in total. The average Bonchev–Trinajstić information content (AvgIpc) is 2.51. The van der Waals surface area contributed by atoms with E-state index in [4.69, 9.17) is 0 Å². The first kappa shape index (κ1) is 21.1. The highest BCUT2D eigenvalue weighted by Gasteiger charge is 2.38. The molecule has 0 atom stereocenters. The van der Waals surface area contributed by atoms with Crippen molar-refractivity contribution < 1.29 is 26.3 Å². The van der Waals surface area contributed by atoms with Gasteiger partial charge in [-0.3, -0.25) is 0 Å². The van der Waals surface area contributed by atoms with Gasteiger partial charge in [-0.2, -0.15) is 26.3 Å². The van der Waals surface area contributed by atoms with Crippen LogP contribution in [0.5, 0.6) is 0 Å². The maximum atomic E-state index is 12.7. The highest BCUT2D eigenvalue weighted by Crippen LogP contribution is 2.48. The van der Waals surface area contributed by atoms with Crippen LogP contribution in [0.3, 0.4) is 0 Å². The molecule has 0 aromatic rings. The Bertz CT molecular complexity index is 401.